The summed E-state index contributed by atoms with van der Waals surface area (Å²) in [6, 6.07) is 3.26. The molecule has 1 aromatic rings. The van der Waals surface area contributed by atoms with Crippen molar-refractivity contribution in [2.45, 2.75) is 4.90 Å². The molecule has 1 aromatic carbocycles. The first-order chi connectivity index (χ1) is 9.71. The van der Waals surface area contributed by atoms with Crippen molar-refractivity contribution < 1.29 is 27.9 Å². The van der Waals surface area contributed by atoms with Gasteiger partial charge in [-0.15, -0.1) is 0 Å². The first kappa shape index (κ1) is 14.9. The highest BCUT2D eigenvalue weighted by atomic mass is 32.2. The minimum atomic E-state index is -4.31. The molecule has 0 atom stereocenters. The van der Waals surface area contributed by atoms with Gasteiger partial charge in [0, 0.05) is 5.69 Å². The smallest absolute Gasteiger partial charge is 0.337 e. The number of carboxylic acids is 1. The van der Waals surface area contributed by atoms with Crippen LogP contribution in [0.4, 0.5) is 5.69 Å². The van der Waals surface area contributed by atoms with Crippen molar-refractivity contribution in [1.29, 1.82) is 0 Å². The molecule has 21 heavy (non-hydrogen) atoms. The van der Waals surface area contributed by atoms with Gasteiger partial charge in [0.05, 0.1) is 23.5 Å². The molecule has 10 heteroatoms. The molecule has 2 rings (SSSR count). The number of aromatic carboxylic acids is 1. The summed E-state index contributed by atoms with van der Waals surface area (Å²) in [5.41, 5.74) is 5.00. The molecular formula is C11H11N3O6S. The monoisotopic (exact) mass is 313 g/mol. The third-order valence-electron chi connectivity index (χ3n) is 2.77. The Kier molecular flexibility index (Phi) is 3.66. The van der Waals surface area contributed by atoms with Crippen molar-refractivity contribution in [1.82, 2.24) is 9.62 Å². The zero-order valence-corrected chi connectivity index (χ0v) is 11.4. The highest BCUT2D eigenvalue weighted by Crippen LogP contribution is 2.23. The van der Waals surface area contributed by atoms with Crippen LogP contribution in [0.15, 0.2) is 23.1 Å². The van der Waals surface area contributed by atoms with E-state index in [9.17, 15) is 22.8 Å². The number of benzene rings is 1. The zero-order valence-electron chi connectivity index (χ0n) is 10.6. The Hall–Kier alpha value is -2.46. The zero-order chi connectivity index (χ0) is 15.8. The summed E-state index contributed by atoms with van der Waals surface area (Å²) >= 11 is 0. The molecule has 0 unspecified atom stereocenters. The Labute approximate surface area is 119 Å². The van der Waals surface area contributed by atoms with E-state index in [1.165, 1.54) is 6.07 Å². The molecule has 0 saturated carbocycles. The summed E-state index contributed by atoms with van der Waals surface area (Å²) in [6.45, 7) is -1.12. The summed E-state index contributed by atoms with van der Waals surface area (Å²) in [5, 5.41) is 11.0. The van der Waals surface area contributed by atoms with Crippen LogP contribution in [0, 0.1) is 0 Å². The maximum Gasteiger partial charge on any atom is 0.337 e. The summed E-state index contributed by atoms with van der Waals surface area (Å²) in [5.74, 6) is -3.03. The van der Waals surface area contributed by atoms with E-state index in [1.807, 2.05) is 5.32 Å². The fourth-order valence-electron chi connectivity index (χ4n) is 1.86. The van der Waals surface area contributed by atoms with Gasteiger partial charge in [0.2, 0.25) is 21.8 Å². The number of piperazine rings is 1. The predicted octanol–water partition coefficient (Wildman–Crippen LogP) is -1.39. The van der Waals surface area contributed by atoms with Gasteiger partial charge >= 0.3 is 5.97 Å². The first-order valence-corrected chi connectivity index (χ1v) is 7.11. The van der Waals surface area contributed by atoms with E-state index in [0.717, 1.165) is 12.1 Å². The van der Waals surface area contributed by atoms with Crippen molar-refractivity contribution in [3.8, 4) is 0 Å². The fraction of sp³-hybridized carbons (Fsp3) is 0.182. The number of carbonyl (C=O) groups excluding carboxylic acids is 2. The Balaban J connectivity index is 2.52. The van der Waals surface area contributed by atoms with Gasteiger partial charge in [-0.1, -0.05) is 0 Å². The van der Waals surface area contributed by atoms with Gasteiger partial charge in [0.1, 0.15) is 0 Å². The Morgan fingerprint density at radius 1 is 1.24 bits per heavy atom. The van der Waals surface area contributed by atoms with E-state index >= 15 is 0 Å². The molecule has 112 valence electrons. The van der Waals surface area contributed by atoms with Crippen LogP contribution in [0.3, 0.4) is 0 Å². The maximum atomic E-state index is 12.4. The van der Waals surface area contributed by atoms with E-state index < -0.39 is 51.4 Å². The standard InChI is InChI=1S/C11H11N3O6S/c12-6-1-2-8(7(3-6)11(17)18)21(19,20)14-4-9(15)13-10(16)5-14/h1-3H,4-5,12H2,(H,17,18)(H,13,15,16). The van der Waals surface area contributed by atoms with Gasteiger partial charge in [0.15, 0.2) is 0 Å². The highest BCUT2D eigenvalue weighted by molar-refractivity contribution is 7.89. The van der Waals surface area contributed by atoms with Crippen molar-refractivity contribution in [3.63, 3.8) is 0 Å². The van der Waals surface area contributed by atoms with E-state index in [1.54, 1.807) is 0 Å². The number of nitrogen functional groups attached to an aromatic ring is 1. The van der Waals surface area contributed by atoms with Crippen LogP contribution in [0.25, 0.3) is 0 Å². The van der Waals surface area contributed by atoms with E-state index in [-0.39, 0.29) is 5.69 Å². The lowest BCUT2D eigenvalue weighted by molar-refractivity contribution is -0.134. The number of rotatable bonds is 3. The molecule has 1 saturated heterocycles. The van der Waals surface area contributed by atoms with Gasteiger partial charge in [-0.05, 0) is 18.2 Å². The van der Waals surface area contributed by atoms with Gasteiger partial charge < -0.3 is 10.8 Å². The average Bonchev–Trinajstić information content (AvgIpc) is 2.37. The molecule has 1 aliphatic rings. The molecule has 0 radical (unpaired) electrons. The normalized spacial score (nSPS) is 16.6. The number of carbonyl (C=O) groups is 3. The molecule has 4 N–H and O–H groups in total. The molecule has 0 bridgehead atoms. The van der Waals surface area contributed by atoms with Gasteiger partial charge in [-0.25, -0.2) is 13.2 Å². The van der Waals surface area contributed by atoms with Crippen molar-refractivity contribution in [3.05, 3.63) is 23.8 Å². The number of nitrogens with one attached hydrogen (secondary N) is 1. The Bertz CT molecular complexity index is 726. The maximum absolute atomic E-state index is 12.4. The molecular weight excluding hydrogens is 302 g/mol. The summed E-state index contributed by atoms with van der Waals surface area (Å²) in [7, 11) is -4.31. The molecule has 1 heterocycles. The van der Waals surface area contributed by atoms with Crippen molar-refractivity contribution in [2.24, 2.45) is 0 Å². The number of hydrogen-bond donors (Lipinski definition) is 3. The van der Waals surface area contributed by atoms with Crippen LogP contribution in [0.1, 0.15) is 10.4 Å². The molecule has 2 amide bonds. The number of amides is 2. The second-order valence-electron chi connectivity index (χ2n) is 4.31. The average molecular weight is 313 g/mol. The van der Waals surface area contributed by atoms with Gasteiger partial charge in [0.25, 0.3) is 0 Å². The number of sulfonamides is 1. The number of nitrogens with two attached hydrogens (primary N) is 1. The summed E-state index contributed by atoms with van der Waals surface area (Å²) < 4.78 is 25.4. The van der Waals surface area contributed by atoms with Crippen LogP contribution < -0.4 is 11.1 Å². The quantitative estimate of drug-likeness (QED) is 0.460. The topological polar surface area (TPSA) is 147 Å². The van der Waals surface area contributed by atoms with Crippen LogP contribution in [-0.2, 0) is 19.6 Å². The van der Waals surface area contributed by atoms with Crippen molar-refractivity contribution in [2.75, 3.05) is 18.8 Å². The fourth-order valence-corrected chi connectivity index (χ4v) is 3.38. The first-order valence-electron chi connectivity index (χ1n) is 5.67. The van der Waals surface area contributed by atoms with E-state index in [2.05, 4.69) is 0 Å². The third kappa shape index (κ3) is 2.85. The van der Waals surface area contributed by atoms with E-state index in [0.29, 0.717) is 4.31 Å². The van der Waals surface area contributed by atoms with Crippen LogP contribution in [0.5, 0.6) is 0 Å². The molecule has 1 aliphatic heterocycles. The number of carboxylic acid groups (broad SMARTS) is 1. The predicted molar refractivity (Wildman–Crippen MR) is 69.7 cm³/mol. The Morgan fingerprint density at radius 3 is 2.33 bits per heavy atom. The van der Waals surface area contributed by atoms with Gasteiger partial charge in [-0.3, -0.25) is 14.9 Å². The molecule has 0 spiro atoms. The lowest BCUT2D eigenvalue weighted by atomic mass is 10.2. The number of nitrogens with zero attached hydrogens (tertiary/aromatic N) is 1. The Morgan fingerprint density at radius 2 is 1.81 bits per heavy atom. The number of anilines is 1. The largest absolute Gasteiger partial charge is 0.478 e. The summed E-state index contributed by atoms with van der Waals surface area (Å²) in [6.07, 6.45) is 0. The molecule has 9 nitrogen and oxygen atoms in total. The van der Waals surface area contributed by atoms with Crippen LogP contribution >= 0.6 is 0 Å². The SMILES string of the molecule is Nc1ccc(S(=O)(=O)N2CC(=O)NC(=O)C2)c(C(=O)O)c1. The van der Waals surface area contributed by atoms with E-state index in [4.69, 9.17) is 10.8 Å². The molecule has 1 fully saturated rings. The minimum Gasteiger partial charge on any atom is -0.478 e. The highest BCUT2D eigenvalue weighted by Gasteiger charge is 2.35. The van der Waals surface area contributed by atoms with Crippen LogP contribution in [0.2, 0.25) is 0 Å². The lowest BCUT2D eigenvalue weighted by Crippen LogP contribution is -2.53. The second kappa shape index (κ2) is 5.14. The van der Waals surface area contributed by atoms with Crippen LogP contribution in [-0.4, -0.2) is 48.7 Å². The molecule has 0 aliphatic carbocycles. The lowest BCUT2D eigenvalue weighted by Gasteiger charge is -2.25. The third-order valence-corrected chi connectivity index (χ3v) is 4.62. The number of hydrogen-bond acceptors (Lipinski definition) is 6. The number of imide groups is 1. The second-order valence-corrected chi connectivity index (χ2v) is 6.21. The minimum absolute atomic E-state index is 0.0822. The van der Waals surface area contributed by atoms with Crippen molar-refractivity contribution >= 4 is 33.5 Å². The van der Waals surface area contributed by atoms with Gasteiger partial charge in [-0.2, -0.15) is 4.31 Å². The molecule has 0 aromatic heterocycles. The summed E-state index contributed by atoms with van der Waals surface area (Å²) in [4.78, 5) is 33.1.